The molecule has 0 saturated carbocycles. The van der Waals surface area contributed by atoms with Gasteiger partial charge in [-0.2, -0.15) is 0 Å². The lowest BCUT2D eigenvalue weighted by atomic mass is 10.1. The molecule has 0 aliphatic rings. The molecule has 0 saturated heterocycles. The molecule has 1 rings (SSSR count). The van der Waals surface area contributed by atoms with Gasteiger partial charge in [-0.05, 0) is 19.3 Å². The number of aromatic nitrogens is 2. The molecule has 5 nitrogen and oxygen atoms in total. The average Bonchev–Trinajstić information content (AvgIpc) is 2.23. The Bertz CT molecular complexity index is 445. The number of hydrogen-bond donors (Lipinski definition) is 1. The van der Waals surface area contributed by atoms with Crippen molar-refractivity contribution < 1.29 is 5.11 Å². The van der Waals surface area contributed by atoms with Crippen molar-refractivity contribution in [1.82, 2.24) is 9.13 Å². The van der Waals surface area contributed by atoms with Crippen LogP contribution in [-0.4, -0.2) is 20.8 Å². The molecule has 0 atom stereocenters. The first kappa shape index (κ1) is 11.7. The van der Waals surface area contributed by atoms with Gasteiger partial charge in [0.05, 0.1) is 0 Å². The van der Waals surface area contributed by atoms with Gasteiger partial charge in [-0.1, -0.05) is 0 Å². The fourth-order valence-electron chi connectivity index (χ4n) is 1.48. The van der Waals surface area contributed by atoms with Gasteiger partial charge in [0.25, 0.3) is 5.56 Å². The van der Waals surface area contributed by atoms with Crippen LogP contribution in [0.25, 0.3) is 0 Å². The predicted octanol–water partition coefficient (Wildman–Crippen LogP) is -0.601. The van der Waals surface area contributed by atoms with Gasteiger partial charge in [-0.15, -0.1) is 0 Å². The minimum atomic E-state index is -0.314. The van der Waals surface area contributed by atoms with Crippen molar-refractivity contribution >= 4 is 0 Å². The smallest absolute Gasteiger partial charge is 0.330 e. The van der Waals surface area contributed by atoms with Crippen molar-refractivity contribution in [3.63, 3.8) is 0 Å². The first-order chi connectivity index (χ1) is 7.07. The van der Waals surface area contributed by atoms with E-state index >= 15 is 0 Å². The molecule has 0 amide bonds. The summed E-state index contributed by atoms with van der Waals surface area (Å²) in [6.45, 7) is 0.131. The van der Waals surface area contributed by atoms with Gasteiger partial charge in [0.2, 0.25) is 0 Å². The quantitative estimate of drug-likeness (QED) is 0.678. The van der Waals surface area contributed by atoms with Gasteiger partial charge < -0.3 is 9.67 Å². The number of nitrogens with zero attached hydrogens (tertiary/aromatic N) is 2. The third-order valence-corrected chi connectivity index (χ3v) is 2.37. The van der Waals surface area contributed by atoms with E-state index in [1.165, 1.54) is 11.6 Å². The second-order valence-electron chi connectivity index (χ2n) is 3.59. The summed E-state index contributed by atoms with van der Waals surface area (Å²) in [6.07, 6.45) is 3.60. The minimum absolute atomic E-state index is 0.131. The molecule has 0 spiro atoms. The highest BCUT2D eigenvalue weighted by Crippen LogP contribution is 1.97. The van der Waals surface area contributed by atoms with Crippen LogP contribution in [0, 0.1) is 0 Å². The molecule has 0 aliphatic carbocycles. The zero-order chi connectivity index (χ0) is 11.4. The highest BCUT2D eigenvalue weighted by molar-refractivity contribution is 5.05. The molecule has 0 aromatic carbocycles. The van der Waals surface area contributed by atoms with E-state index in [0.717, 1.165) is 11.0 Å². The Balaban J connectivity index is 3.00. The summed E-state index contributed by atoms with van der Waals surface area (Å²) >= 11 is 0. The zero-order valence-electron chi connectivity index (χ0n) is 9.06. The van der Waals surface area contributed by atoms with Crippen LogP contribution >= 0.6 is 0 Å². The fraction of sp³-hybridized carbons (Fsp3) is 0.600. The molecule has 0 radical (unpaired) electrons. The van der Waals surface area contributed by atoms with Gasteiger partial charge in [-0.3, -0.25) is 9.36 Å². The number of aliphatic hydroxyl groups excluding tert-OH is 1. The number of aryl methyl sites for hydroxylation is 2. The van der Waals surface area contributed by atoms with Crippen molar-refractivity contribution in [3.8, 4) is 0 Å². The van der Waals surface area contributed by atoms with E-state index in [1.54, 1.807) is 13.2 Å². The highest BCUT2D eigenvalue weighted by Gasteiger charge is 2.05. The lowest BCUT2D eigenvalue weighted by molar-refractivity contribution is 0.284. The summed E-state index contributed by atoms with van der Waals surface area (Å²) in [6, 6.07) is 0. The molecule has 1 heterocycles. The van der Waals surface area contributed by atoms with Gasteiger partial charge in [0.1, 0.15) is 0 Å². The second kappa shape index (κ2) is 4.93. The summed E-state index contributed by atoms with van der Waals surface area (Å²) < 4.78 is 2.50. The molecule has 0 bridgehead atoms. The van der Waals surface area contributed by atoms with Crippen LogP contribution in [0.3, 0.4) is 0 Å². The minimum Gasteiger partial charge on any atom is -0.396 e. The van der Waals surface area contributed by atoms with Crippen LogP contribution in [0.4, 0.5) is 0 Å². The van der Waals surface area contributed by atoms with E-state index in [2.05, 4.69) is 0 Å². The third kappa shape index (κ3) is 2.56. The van der Waals surface area contributed by atoms with E-state index in [-0.39, 0.29) is 17.9 Å². The maximum atomic E-state index is 11.6. The largest absolute Gasteiger partial charge is 0.396 e. The van der Waals surface area contributed by atoms with Crippen LogP contribution in [-0.2, 0) is 20.5 Å². The van der Waals surface area contributed by atoms with Crippen LogP contribution in [0.15, 0.2) is 15.8 Å². The lowest BCUT2D eigenvalue weighted by Crippen LogP contribution is -2.38. The number of rotatable bonds is 4. The van der Waals surface area contributed by atoms with Crippen LogP contribution in [0.2, 0.25) is 0 Å². The van der Waals surface area contributed by atoms with Gasteiger partial charge >= 0.3 is 5.69 Å². The molecular formula is C10H16N2O3. The summed E-state index contributed by atoms with van der Waals surface area (Å²) in [5.41, 5.74) is 0.0648. The maximum Gasteiger partial charge on any atom is 0.330 e. The summed E-state index contributed by atoms with van der Waals surface area (Å²) in [4.78, 5) is 23.0. The van der Waals surface area contributed by atoms with Gasteiger partial charge in [0.15, 0.2) is 0 Å². The molecule has 1 aromatic rings. The van der Waals surface area contributed by atoms with E-state index in [1.807, 2.05) is 0 Å². The van der Waals surface area contributed by atoms with Crippen LogP contribution < -0.4 is 11.2 Å². The molecule has 0 aliphatic heterocycles. The highest BCUT2D eigenvalue weighted by atomic mass is 16.3. The first-order valence-corrected chi connectivity index (χ1v) is 4.94. The molecular weight excluding hydrogens is 196 g/mol. The molecule has 84 valence electrons. The first-order valence-electron chi connectivity index (χ1n) is 4.94. The topological polar surface area (TPSA) is 64.2 Å². The Hall–Kier alpha value is -1.36. The van der Waals surface area contributed by atoms with E-state index in [9.17, 15) is 9.59 Å². The Morgan fingerprint density at radius 3 is 2.53 bits per heavy atom. The Kier molecular flexibility index (Phi) is 3.85. The zero-order valence-corrected chi connectivity index (χ0v) is 9.06. The predicted molar refractivity (Wildman–Crippen MR) is 56.9 cm³/mol. The summed E-state index contributed by atoms with van der Waals surface area (Å²) in [5, 5.41) is 8.63. The normalized spacial score (nSPS) is 10.6. The van der Waals surface area contributed by atoms with Crippen molar-refractivity contribution in [1.29, 1.82) is 0 Å². The molecule has 5 heteroatoms. The van der Waals surface area contributed by atoms with Crippen LogP contribution in [0.5, 0.6) is 0 Å². The second-order valence-corrected chi connectivity index (χ2v) is 3.59. The number of unbranched alkanes of at least 4 members (excludes halogenated alkanes) is 1. The SMILES string of the molecule is Cn1cc(CCCCO)c(=O)n(C)c1=O. The van der Waals surface area contributed by atoms with Crippen molar-refractivity contribution in [2.75, 3.05) is 6.61 Å². The Morgan fingerprint density at radius 2 is 1.93 bits per heavy atom. The lowest BCUT2D eigenvalue weighted by Gasteiger charge is -2.05. The van der Waals surface area contributed by atoms with E-state index in [0.29, 0.717) is 18.4 Å². The Labute approximate surface area is 87.6 Å². The van der Waals surface area contributed by atoms with Crippen molar-refractivity contribution in [2.45, 2.75) is 19.3 Å². The Morgan fingerprint density at radius 1 is 1.27 bits per heavy atom. The molecule has 1 N–H and O–H groups in total. The average molecular weight is 212 g/mol. The summed E-state index contributed by atoms with van der Waals surface area (Å²) in [5.74, 6) is 0. The van der Waals surface area contributed by atoms with E-state index in [4.69, 9.17) is 5.11 Å². The molecule has 15 heavy (non-hydrogen) atoms. The molecule has 0 unspecified atom stereocenters. The van der Waals surface area contributed by atoms with Crippen molar-refractivity contribution in [3.05, 3.63) is 32.6 Å². The standard InChI is InChI=1S/C10H16N2O3/c1-11-7-8(5-3-4-6-13)9(14)12(2)10(11)15/h7,13H,3-6H2,1-2H3. The summed E-state index contributed by atoms with van der Waals surface area (Å²) in [7, 11) is 3.09. The van der Waals surface area contributed by atoms with Gasteiger partial charge in [0, 0.05) is 32.5 Å². The number of aliphatic hydroxyl groups is 1. The fourth-order valence-corrected chi connectivity index (χ4v) is 1.48. The van der Waals surface area contributed by atoms with Crippen LogP contribution in [0.1, 0.15) is 18.4 Å². The third-order valence-electron chi connectivity index (χ3n) is 2.37. The van der Waals surface area contributed by atoms with E-state index < -0.39 is 0 Å². The molecule has 1 aromatic heterocycles. The van der Waals surface area contributed by atoms with Gasteiger partial charge in [-0.25, -0.2) is 4.79 Å². The monoisotopic (exact) mass is 212 g/mol. The van der Waals surface area contributed by atoms with Crippen molar-refractivity contribution in [2.24, 2.45) is 14.1 Å². The maximum absolute atomic E-state index is 11.6. The molecule has 0 fully saturated rings. The number of hydrogen-bond acceptors (Lipinski definition) is 3.